The molecule has 8 heteroatoms. The topological polar surface area (TPSA) is 83.1 Å². The zero-order valence-corrected chi connectivity index (χ0v) is 14.2. The molecule has 2 aliphatic rings. The van der Waals surface area contributed by atoms with E-state index < -0.39 is 0 Å². The first-order chi connectivity index (χ1) is 11.8. The van der Waals surface area contributed by atoms with E-state index in [4.69, 9.17) is 4.74 Å². The molecule has 4 rings (SSSR count). The molecule has 2 amide bonds. The number of carbonyl (C=O) groups is 1. The van der Waals surface area contributed by atoms with Crippen molar-refractivity contribution in [2.24, 2.45) is 5.92 Å². The first-order valence-electron chi connectivity index (χ1n) is 8.40. The SMILES string of the molecule is O=C(Nc1cn[nH]c1-c1nccs1)N1CCCC(OCC2CC2)C1. The summed E-state index contributed by atoms with van der Waals surface area (Å²) in [5, 5.41) is 12.6. The van der Waals surface area contributed by atoms with E-state index in [1.807, 2.05) is 10.3 Å². The van der Waals surface area contributed by atoms with E-state index in [9.17, 15) is 4.79 Å². The fraction of sp³-hybridized carbons (Fsp3) is 0.562. The highest BCUT2D eigenvalue weighted by molar-refractivity contribution is 7.13. The number of likely N-dealkylation sites (tertiary alicyclic amines) is 1. The van der Waals surface area contributed by atoms with Gasteiger partial charge in [0.1, 0.15) is 10.7 Å². The van der Waals surface area contributed by atoms with Gasteiger partial charge in [-0.3, -0.25) is 5.10 Å². The van der Waals surface area contributed by atoms with Gasteiger partial charge in [-0.2, -0.15) is 5.10 Å². The third-order valence-corrected chi connectivity index (χ3v) is 5.25. The predicted molar refractivity (Wildman–Crippen MR) is 92.0 cm³/mol. The Balaban J connectivity index is 1.36. The number of rotatable bonds is 5. The molecule has 1 saturated carbocycles. The van der Waals surface area contributed by atoms with Crippen molar-refractivity contribution in [2.45, 2.75) is 31.8 Å². The number of nitrogens with zero attached hydrogens (tertiary/aromatic N) is 3. The number of ether oxygens (including phenoxy) is 1. The standard InChI is InChI=1S/C16H21N5O2S/c22-16(19-13-8-18-20-14(13)15-17-5-7-24-15)21-6-1-2-12(9-21)23-10-11-3-4-11/h5,7-8,11-12H,1-4,6,9-10H2,(H,18,20)(H,19,22). The van der Waals surface area contributed by atoms with E-state index in [0.717, 1.165) is 42.6 Å². The summed E-state index contributed by atoms with van der Waals surface area (Å²) >= 11 is 1.51. The van der Waals surface area contributed by atoms with Crippen LogP contribution in [-0.4, -0.2) is 51.9 Å². The Morgan fingerprint density at radius 3 is 3.17 bits per heavy atom. The lowest BCUT2D eigenvalue weighted by molar-refractivity contribution is 0.00597. The minimum Gasteiger partial charge on any atom is -0.376 e. The van der Waals surface area contributed by atoms with Crippen molar-refractivity contribution in [3.05, 3.63) is 17.8 Å². The molecule has 0 aromatic carbocycles. The van der Waals surface area contributed by atoms with Crippen LogP contribution in [0.25, 0.3) is 10.7 Å². The lowest BCUT2D eigenvalue weighted by atomic mass is 10.1. The number of amides is 2. The second-order valence-electron chi connectivity index (χ2n) is 6.41. The van der Waals surface area contributed by atoms with Gasteiger partial charge >= 0.3 is 6.03 Å². The summed E-state index contributed by atoms with van der Waals surface area (Å²) < 4.78 is 5.96. The lowest BCUT2D eigenvalue weighted by Gasteiger charge is -2.32. The lowest BCUT2D eigenvalue weighted by Crippen LogP contribution is -2.45. The van der Waals surface area contributed by atoms with Gasteiger partial charge in [-0.05, 0) is 31.6 Å². The molecule has 1 unspecified atom stereocenters. The van der Waals surface area contributed by atoms with Gasteiger partial charge in [0.25, 0.3) is 0 Å². The summed E-state index contributed by atoms with van der Waals surface area (Å²) in [5.41, 5.74) is 1.41. The number of aromatic amines is 1. The number of nitrogens with one attached hydrogen (secondary N) is 2. The van der Waals surface area contributed by atoms with Crippen molar-refractivity contribution in [3.63, 3.8) is 0 Å². The highest BCUT2D eigenvalue weighted by Crippen LogP contribution is 2.30. The Morgan fingerprint density at radius 1 is 1.46 bits per heavy atom. The van der Waals surface area contributed by atoms with Crippen LogP contribution in [0.3, 0.4) is 0 Å². The molecule has 0 bridgehead atoms. The van der Waals surface area contributed by atoms with Crippen molar-refractivity contribution in [2.75, 3.05) is 25.0 Å². The van der Waals surface area contributed by atoms with E-state index in [-0.39, 0.29) is 12.1 Å². The molecule has 1 saturated heterocycles. The van der Waals surface area contributed by atoms with E-state index in [2.05, 4.69) is 20.5 Å². The summed E-state index contributed by atoms with van der Waals surface area (Å²) in [7, 11) is 0. The van der Waals surface area contributed by atoms with E-state index in [1.54, 1.807) is 12.4 Å². The van der Waals surface area contributed by atoms with Crippen molar-refractivity contribution < 1.29 is 9.53 Å². The number of piperidine rings is 1. The molecule has 7 nitrogen and oxygen atoms in total. The molecule has 24 heavy (non-hydrogen) atoms. The van der Waals surface area contributed by atoms with Crippen LogP contribution < -0.4 is 5.32 Å². The largest absolute Gasteiger partial charge is 0.376 e. The number of H-pyrrole nitrogens is 1. The van der Waals surface area contributed by atoms with Crippen molar-refractivity contribution in [1.82, 2.24) is 20.1 Å². The molecule has 2 N–H and O–H groups in total. The van der Waals surface area contributed by atoms with Crippen molar-refractivity contribution >= 4 is 23.1 Å². The molecule has 3 heterocycles. The molecule has 1 aliphatic heterocycles. The van der Waals surface area contributed by atoms with Crippen LogP contribution in [0, 0.1) is 5.92 Å². The Labute approximate surface area is 144 Å². The quantitative estimate of drug-likeness (QED) is 0.871. The van der Waals surface area contributed by atoms with E-state index in [0.29, 0.717) is 12.2 Å². The molecule has 2 aromatic rings. The third-order valence-electron chi connectivity index (χ3n) is 4.46. The van der Waals surface area contributed by atoms with Crippen molar-refractivity contribution in [3.8, 4) is 10.7 Å². The van der Waals surface area contributed by atoms with Crippen LogP contribution in [0.15, 0.2) is 17.8 Å². The second kappa shape index (κ2) is 6.90. The minimum absolute atomic E-state index is 0.103. The highest BCUT2D eigenvalue weighted by Gasteiger charge is 2.28. The Kier molecular flexibility index (Phi) is 4.48. The molecule has 2 aromatic heterocycles. The van der Waals surface area contributed by atoms with Gasteiger partial charge in [0.2, 0.25) is 0 Å². The average Bonchev–Trinajstić information content (AvgIpc) is 3.07. The van der Waals surface area contributed by atoms with Crippen LogP contribution in [0.2, 0.25) is 0 Å². The van der Waals surface area contributed by atoms with E-state index >= 15 is 0 Å². The number of carbonyl (C=O) groups excluding carboxylic acids is 1. The van der Waals surface area contributed by atoms with Gasteiger partial charge in [0.05, 0.1) is 18.0 Å². The molecule has 1 aliphatic carbocycles. The zero-order valence-electron chi connectivity index (χ0n) is 13.4. The zero-order chi connectivity index (χ0) is 16.4. The smallest absolute Gasteiger partial charge is 0.322 e. The van der Waals surface area contributed by atoms with Crippen LogP contribution in [0.5, 0.6) is 0 Å². The molecular weight excluding hydrogens is 326 g/mol. The Morgan fingerprint density at radius 2 is 2.38 bits per heavy atom. The van der Waals surface area contributed by atoms with Gasteiger partial charge in [-0.15, -0.1) is 11.3 Å². The Hall–Kier alpha value is -1.93. The number of aromatic nitrogens is 3. The minimum atomic E-state index is -0.103. The normalized spacial score (nSPS) is 21.0. The summed E-state index contributed by atoms with van der Waals surface area (Å²) in [6.45, 7) is 2.26. The summed E-state index contributed by atoms with van der Waals surface area (Å²) in [6, 6.07) is -0.103. The van der Waals surface area contributed by atoms with Gasteiger partial charge in [-0.1, -0.05) is 0 Å². The van der Waals surface area contributed by atoms with Crippen LogP contribution >= 0.6 is 11.3 Å². The highest BCUT2D eigenvalue weighted by atomic mass is 32.1. The van der Waals surface area contributed by atoms with Crippen LogP contribution in [-0.2, 0) is 4.74 Å². The maximum Gasteiger partial charge on any atom is 0.322 e. The van der Waals surface area contributed by atoms with Gasteiger partial charge in [0.15, 0.2) is 0 Å². The molecule has 0 radical (unpaired) electrons. The molecule has 0 spiro atoms. The molecule has 128 valence electrons. The first-order valence-corrected chi connectivity index (χ1v) is 9.28. The predicted octanol–water partition coefficient (Wildman–Crippen LogP) is 2.96. The second-order valence-corrected chi connectivity index (χ2v) is 7.31. The van der Waals surface area contributed by atoms with E-state index in [1.165, 1.54) is 24.2 Å². The van der Waals surface area contributed by atoms with Crippen LogP contribution in [0.4, 0.5) is 10.5 Å². The summed E-state index contributed by atoms with van der Waals surface area (Å²) in [5.74, 6) is 0.751. The maximum absolute atomic E-state index is 12.6. The number of thiazole rings is 1. The summed E-state index contributed by atoms with van der Waals surface area (Å²) in [6.07, 6.45) is 8.11. The number of hydrogen-bond acceptors (Lipinski definition) is 5. The van der Waals surface area contributed by atoms with Gasteiger partial charge < -0.3 is 15.0 Å². The van der Waals surface area contributed by atoms with Crippen molar-refractivity contribution in [1.29, 1.82) is 0 Å². The molecular formula is C16H21N5O2S. The van der Waals surface area contributed by atoms with Gasteiger partial charge in [0, 0.05) is 31.3 Å². The molecule has 1 atom stereocenters. The summed E-state index contributed by atoms with van der Waals surface area (Å²) in [4.78, 5) is 18.7. The number of anilines is 1. The fourth-order valence-electron chi connectivity index (χ4n) is 2.90. The Bertz CT molecular complexity index is 682. The van der Waals surface area contributed by atoms with Gasteiger partial charge in [-0.25, -0.2) is 9.78 Å². The van der Waals surface area contributed by atoms with Crippen LogP contribution in [0.1, 0.15) is 25.7 Å². The number of hydrogen-bond donors (Lipinski definition) is 2. The molecule has 2 fully saturated rings. The monoisotopic (exact) mass is 347 g/mol. The first kappa shape index (κ1) is 15.6. The third kappa shape index (κ3) is 3.59. The fourth-order valence-corrected chi connectivity index (χ4v) is 3.55. The maximum atomic E-state index is 12.6. The average molecular weight is 347 g/mol. The number of urea groups is 1.